The molecule has 1 aliphatic heterocycles. The molecule has 0 saturated carbocycles. The maximum absolute atomic E-state index is 12.0. The average Bonchev–Trinajstić information content (AvgIpc) is 2.49. The number of rotatable bonds is 3. The second-order valence-electron chi connectivity index (χ2n) is 3.24. The lowest BCUT2D eigenvalue weighted by Crippen LogP contribution is -2.54. The van der Waals surface area contributed by atoms with Crippen molar-refractivity contribution in [3.8, 4) is 0 Å². The Morgan fingerprint density at radius 2 is 2.27 bits per heavy atom. The lowest BCUT2D eigenvalue weighted by atomic mass is 10.2. The van der Waals surface area contributed by atoms with Crippen molar-refractivity contribution in [3.63, 3.8) is 0 Å². The van der Waals surface area contributed by atoms with Crippen LogP contribution in [0.2, 0.25) is 0 Å². The molecule has 0 bridgehead atoms. The zero-order chi connectivity index (χ0) is 11.1. The van der Waals surface area contributed by atoms with Crippen LogP contribution < -0.4 is 0 Å². The third-order valence-corrected chi connectivity index (χ3v) is 6.79. The van der Waals surface area contributed by atoms with Crippen molar-refractivity contribution in [2.45, 2.75) is 10.3 Å². The Balaban J connectivity index is 2.19. The molecule has 4 nitrogen and oxygen atoms in total. The van der Waals surface area contributed by atoms with Crippen molar-refractivity contribution in [2.75, 3.05) is 20.2 Å². The maximum Gasteiger partial charge on any atom is 0.253 e. The van der Waals surface area contributed by atoms with Crippen molar-refractivity contribution in [2.24, 2.45) is 0 Å². The zero-order valence-electron chi connectivity index (χ0n) is 8.01. The molecule has 0 aliphatic carbocycles. The molecular formula is C8H10BrNO3S2. The molecular weight excluding hydrogens is 302 g/mol. The summed E-state index contributed by atoms with van der Waals surface area (Å²) in [6.45, 7) is 0.895. The number of nitrogens with zero attached hydrogens (tertiary/aromatic N) is 1. The second kappa shape index (κ2) is 4.14. The SMILES string of the molecule is COC1CN(S(=O)(=O)c2sccc2Br)C1. The van der Waals surface area contributed by atoms with E-state index in [1.165, 1.54) is 15.6 Å². The molecule has 2 heterocycles. The van der Waals surface area contributed by atoms with Gasteiger partial charge in [-0.15, -0.1) is 11.3 Å². The highest BCUT2D eigenvalue weighted by molar-refractivity contribution is 9.10. The molecule has 0 radical (unpaired) electrons. The van der Waals surface area contributed by atoms with Gasteiger partial charge in [0.25, 0.3) is 10.0 Å². The first-order chi connectivity index (χ1) is 7.05. The molecule has 0 atom stereocenters. The van der Waals surface area contributed by atoms with Gasteiger partial charge in [-0.25, -0.2) is 8.42 Å². The number of methoxy groups -OCH3 is 1. The summed E-state index contributed by atoms with van der Waals surface area (Å²) in [6.07, 6.45) is 0.0403. The van der Waals surface area contributed by atoms with Gasteiger partial charge < -0.3 is 4.74 Å². The lowest BCUT2D eigenvalue weighted by molar-refractivity contribution is 0.0126. The molecule has 1 aromatic rings. The summed E-state index contributed by atoms with van der Waals surface area (Å²) in [5.74, 6) is 0. The summed E-state index contributed by atoms with van der Waals surface area (Å²) in [4.78, 5) is 0. The third kappa shape index (κ3) is 1.99. The van der Waals surface area contributed by atoms with Gasteiger partial charge in [-0.3, -0.25) is 0 Å². The summed E-state index contributed by atoms with van der Waals surface area (Å²) in [5.41, 5.74) is 0. The monoisotopic (exact) mass is 311 g/mol. The van der Waals surface area contributed by atoms with Crippen LogP contribution in [0.4, 0.5) is 0 Å². The quantitative estimate of drug-likeness (QED) is 0.850. The van der Waals surface area contributed by atoms with Crippen LogP contribution in [0, 0.1) is 0 Å². The summed E-state index contributed by atoms with van der Waals surface area (Å²) in [7, 11) is -1.71. The van der Waals surface area contributed by atoms with Crippen molar-refractivity contribution in [3.05, 3.63) is 15.9 Å². The number of halogens is 1. The van der Waals surface area contributed by atoms with Gasteiger partial charge in [0.05, 0.1) is 6.10 Å². The normalized spacial score (nSPS) is 19.1. The van der Waals surface area contributed by atoms with E-state index >= 15 is 0 Å². The molecule has 1 aromatic heterocycles. The predicted molar refractivity (Wildman–Crippen MR) is 61.6 cm³/mol. The summed E-state index contributed by atoms with van der Waals surface area (Å²) < 4.78 is 31.5. The van der Waals surface area contributed by atoms with Crippen LogP contribution >= 0.6 is 27.3 Å². The summed E-state index contributed by atoms with van der Waals surface area (Å²) in [6, 6.07) is 1.74. The van der Waals surface area contributed by atoms with Gasteiger partial charge in [0.2, 0.25) is 0 Å². The van der Waals surface area contributed by atoms with Crippen LogP contribution in [-0.4, -0.2) is 39.0 Å². The molecule has 2 rings (SSSR count). The Hall–Kier alpha value is 0.0500. The Kier molecular flexibility index (Phi) is 3.18. The van der Waals surface area contributed by atoms with Crippen molar-refractivity contribution >= 4 is 37.3 Å². The minimum absolute atomic E-state index is 0.0403. The van der Waals surface area contributed by atoms with E-state index in [-0.39, 0.29) is 6.10 Å². The standard InChI is InChI=1S/C8H10BrNO3S2/c1-13-6-4-10(5-6)15(11,12)8-7(9)2-3-14-8/h2-3,6H,4-5H2,1H3. The lowest BCUT2D eigenvalue weighted by Gasteiger charge is -2.36. The number of hydrogen-bond acceptors (Lipinski definition) is 4. The molecule has 1 fully saturated rings. The van der Waals surface area contributed by atoms with E-state index in [1.807, 2.05) is 0 Å². The van der Waals surface area contributed by atoms with Crippen LogP contribution in [0.15, 0.2) is 20.1 Å². The highest BCUT2D eigenvalue weighted by Crippen LogP contribution is 2.32. The van der Waals surface area contributed by atoms with E-state index in [9.17, 15) is 8.42 Å². The van der Waals surface area contributed by atoms with Crippen molar-refractivity contribution < 1.29 is 13.2 Å². The summed E-state index contributed by atoms with van der Waals surface area (Å²) in [5, 5.41) is 1.75. The van der Waals surface area contributed by atoms with Gasteiger partial charge in [0.1, 0.15) is 4.21 Å². The Bertz CT molecular complexity index is 450. The smallest absolute Gasteiger partial charge is 0.253 e. The van der Waals surface area contributed by atoms with E-state index in [2.05, 4.69) is 15.9 Å². The molecule has 84 valence electrons. The van der Waals surface area contributed by atoms with Crippen LogP contribution in [0.5, 0.6) is 0 Å². The molecule has 0 aromatic carbocycles. The van der Waals surface area contributed by atoms with Crippen LogP contribution in [-0.2, 0) is 14.8 Å². The fraction of sp³-hybridized carbons (Fsp3) is 0.500. The Labute approximate surface area is 101 Å². The van der Waals surface area contributed by atoms with E-state index in [4.69, 9.17) is 4.74 Å². The van der Waals surface area contributed by atoms with Gasteiger partial charge in [-0.05, 0) is 27.4 Å². The van der Waals surface area contributed by atoms with E-state index in [1.54, 1.807) is 18.6 Å². The van der Waals surface area contributed by atoms with E-state index < -0.39 is 10.0 Å². The fourth-order valence-corrected chi connectivity index (χ4v) is 5.28. The first kappa shape index (κ1) is 11.5. The number of thiophene rings is 1. The maximum atomic E-state index is 12.0. The average molecular weight is 312 g/mol. The topological polar surface area (TPSA) is 46.6 Å². The Morgan fingerprint density at radius 3 is 2.73 bits per heavy atom. The van der Waals surface area contributed by atoms with Gasteiger partial charge >= 0.3 is 0 Å². The minimum atomic E-state index is -3.31. The molecule has 1 aliphatic rings. The highest BCUT2D eigenvalue weighted by atomic mass is 79.9. The third-order valence-electron chi connectivity index (χ3n) is 2.31. The fourth-order valence-electron chi connectivity index (χ4n) is 1.33. The van der Waals surface area contributed by atoms with Crippen LogP contribution in [0.1, 0.15) is 0 Å². The van der Waals surface area contributed by atoms with E-state index in [0.717, 1.165) is 0 Å². The zero-order valence-corrected chi connectivity index (χ0v) is 11.2. The van der Waals surface area contributed by atoms with E-state index in [0.29, 0.717) is 21.8 Å². The first-order valence-electron chi connectivity index (χ1n) is 4.31. The molecule has 0 N–H and O–H groups in total. The molecule has 7 heteroatoms. The van der Waals surface area contributed by atoms with Gasteiger partial charge in [0.15, 0.2) is 0 Å². The molecule has 0 unspecified atom stereocenters. The minimum Gasteiger partial charge on any atom is -0.379 e. The predicted octanol–water partition coefficient (Wildman–Crippen LogP) is 1.53. The molecule has 15 heavy (non-hydrogen) atoms. The first-order valence-corrected chi connectivity index (χ1v) is 7.43. The number of hydrogen-bond donors (Lipinski definition) is 0. The highest BCUT2D eigenvalue weighted by Gasteiger charge is 2.38. The second-order valence-corrected chi connectivity index (χ2v) is 7.14. The van der Waals surface area contributed by atoms with Crippen molar-refractivity contribution in [1.29, 1.82) is 0 Å². The number of ether oxygens (including phenoxy) is 1. The van der Waals surface area contributed by atoms with Gasteiger partial charge in [0, 0.05) is 24.7 Å². The molecule has 0 spiro atoms. The Morgan fingerprint density at radius 1 is 1.60 bits per heavy atom. The number of sulfonamides is 1. The van der Waals surface area contributed by atoms with Crippen molar-refractivity contribution in [1.82, 2.24) is 4.31 Å². The van der Waals surface area contributed by atoms with Crippen LogP contribution in [0.3, 0.4) is 0 Å². The van der Waals surface area contributed by atoms with Crippen LogP contribution in [0.25, 0.3) is 0 Å². The largest absolute Gasteiger partial charge is 0.379 e. The molecule has 1 saturated heterocycles. The molecule has 0 amide bonds. The van der Waals surface area contributed by atoms with Gasteiger partial charge in [-0.1, -0.05) is 0 Å². The summed E-state index contributed by atoms with van der Waals surface area (Å²) >= 11 is 4.45. The van der Waals surface area contributed by atoms with Gasteiger partial charge in [-0.2, -0.15) is 4.31 Å².